The lowest BCUT2D eigenvalue weighted by Gasteiger charge is -2.58. The van der Waals surface area contributed by atoms with Gasteiger partial charge in [-0.05, 0) is 91.8 Å². The number of ether oxygens (including phenoxy) is 6. The van der Waals surface area contributed by atoms with Crippen molar-refractivity contribution in [2.45, 2.75) is 164 Å². The van der Waals surface area contributed by atoms with Gasteiger partial charge in [0.15, 0.2) is 18.4 Å². The van der Waals surface area contributed by atoms with Crippen LogP contribution in [0.1, 0.15) is 85.0 Å². The summed E-state index contributed by atoms with van der Waals surface area (Å²) in [5.41, 5.74) is 1.73. The summed E-state index contributed by atoms with van der Waals surface area (Å²) in [5, 5.41) is 72.6. The Morgan fingerprint density at radius 3 is 2.24 bits per heavy atom. The van der Waals surface area contributed by atoms with Crippen molar-refractivity contribution in [3.8, 4) is 0 Å². The first-order chi connectivity index (χ1) is 24.3. The molecule has 7 fully saturated rings. The molecule has 4 aliphatic carbocycles. The zero-order valence-electron chi connectivity index (χ0n) is 30.2. The standard InChI is InChI=1S/C38H60O13/c1-18-6-11-38(46-17-18)14-24-25(51-38)13-23-21-5-4-19-12-20(7-9-36(19,2)22(21)8-10-37(23,24)3)47-34-32(45)30(43)33(27(16-40)49-34)50-35-31(44)29(42)28(41)26(15-39)48-35/h4,18,20-35,39-45H,5-17H2,1-3H3/t18-,20-,21-,22+,23-,24+,25+,26+,27+,28+,29+,30-,31+,32+,33+,34-,35-,36+,37-,38-/m1/s1. The lowest BCUT2D eigenvalue weighted by molar-refractivity contribution is -0.363. The summed E-state index contributed by atoms with van der Waals surface area (Å²) in [5.74, 6) is 2.65. The van der Waals surface area contributed by atoms with Gasteiger partial charge in [0.1, 0.15) is 48.8 Å². The van der Waals surface area contributed by atoms with Gasteiger partial charge in [-0.15, -0.1) is 0 Å². The average molecular weight is 725 g/mol. The number of rotatable bonds is 6. The van der Waals surface area contributed by atoms with Gasteiger partial charge in [-0.3, -0.25) is 0 Å². The predicted octanol–water partition coefficient (Wildman–Crippen LogP) is 1.12. The first-order valence-corrected chi connectivity index (χ1v) is 19.6. The van der Waals surface area contributed by atoms with E-state index in [2.05, 4.69) is 26.8 Å². The Kier molecular flexibility index (Phi) is 10.0. The first kappa shape index (κ1) is 37.2. The zero-order valence-corrected chi connectivity index (χ0v) is 30.2. The van der Waals surface area contributed by atoms with Gasteiger partial charge in [0, 0.05) is 12.8 Å². The highest BCUT2D eigenvalue weighted by atomic mass is 16.7. The van der Waals surface area contributed by atoms with Crippen molar-refractivity contribution >= 4 is 0 Å². The minimum atomic E-state index is -1.72. The van der Waals surface area contributed by atoms with Crippen molar-refractivity contribution in [1.29, 1.82) is 0 Å². The van der Waals surface area contributed by atoms with Gasteiger partial charge in [0.2, 0.25) is 0 Å². The van der Waals surface area contributed by atoms with E-state index in [1.807, 2.05) is 0 Å². The summed E-state index contributed by atoms with van der Waals surface area (Å²) in [7, 11) is 0. The second kappa shape index (κ2) is 13.8. The normalized spacial score (nSPS) is 56.9. The van der Waals surface area contributed by atoms with Gasteiger partial charge >= 0.3 is 0 Å². The Hall–Kier alpha value is -0.780. The Balaban J connectivity index is 0.904. The quantitative estimate of drug-likeness (QED) is 0.193. The molecule has 13 heteroatoms. The third-order valence-corrected chi connectivity index (χ3v) is 15.1. The number of hydrogen-bond acceptors (Lipinski definition) is 13. The van der Waals surface area contributed by atoms with Crippen LogP contribution in [0.25, 0.3) is 0 Å². The van der Waals surface area contributed by atoms with E-state index in [-0.39, 0.29) is 28.8 Å². The van der Waals surface area contributed by atoms with Crippen LogP contribution in [0.2, 0.25) is 0 Å². The summed E-state index contributed by atoms with van der Waals surface area (Å²) in [4.78, 5) is 0. The number of hydrogen-bond donors (Lipinski definition) is 7. The molecule has 0 amide bonds. The SMILES string of the molecule is C[C@@H]1CC[C@@]2(C[C@H]3[C@H](C[C@@H]4[C@@H]5CC=C6C[C@H](O[C@@H]7O[C@@H](CO)[C@H](O[C@H]8O[C@@H](CO)[C@H](O)[C@H](O)[C@@H]8O)[C@H](O)[C@@H]7O)CC[C@]6(C)[C@H]5CC[C@]43C)O2)OC1. The predicted molar refractivity (Wildman–Crippen MR) is 178 cm³/mol. The molecule has 7 N–H and O–H groups in total. The molecule has 0 aromatic carbocycles. The van der Waals surface area contributed by atoms with E-state index in [1.165, 1.54) is 24.8 Å². The third kappa shape index (κ3) is 6.09. The summed E-state index contributed by atoms with van der Waals surface area (Å²) >= 11 is 0. The maximum absolute atomic E-state index is 11.1. The maximum Gasteiger partial charge on any atom is 0.187 e. The number of fused-ring (bicyclic) bond motifs is 7. The zero-order chi connectivity index (χ0) is 36.0. The van der Waals surface area contributed by atoms with Crippen LogP contribution in [0.5, 0.6) is 0 Å². The highest BCUT2D eigenvalue weighted by Crippen LogP contribution is 2.69. The molecule has 0 unspecified atom stereocenters. The number of aliphatic hydroxyl groups is 7. The molecule has 3 saturated carbocycles. The second-order valence-electron chi connectivity index (χ2n) is 17.9. The molecule has 1 spiro atoms. The van der Waals surface area contributed by atoms with Gasteiger partial charge in [-0.1, -0.05) is 32.4 Å². The molecule has 0 bridgehead atoms. The van der Waals surface area contributed by atoms with Crippen molar-refractivity contribution in [1.82, 2.24) is 0 Å². The fraction of sp³-hybridized carbons (Fsp3) is 0.947. The van der Waals surface area contributed by atoms with Crippen LogP contribution in [0.4, 0.5) is 0 Å². The highest BCUT2D eigenvalue weighted by molar-refractivity contribution is 5.26. The van der Waals surface area contributed by atoms with Crippen LogP contribution >= 0.6 is 0 Å². The fourth-order valence-electron chi connectivity index (χ4n) is 12.0. The van der Waals surface area contributed by atoms with Crippen LogP contribution in [0.3, 0.4) is 0 Å². The summed E-state index contributed by atoms with van der Waals surface area (Å²) < 4.78 is 36.7. The molecule has 0 aromatic rings. The maximum atomic E-state index is 11.1. The first-order valence-electron chi connectivity index (χ1n) is 19.6. The van der Waals surface area contributed by atoms with E-state index in [1.54, 1.807) is 0 Å². The van der Waals surface area contributed by atoms with Crippen molar-refractivity contribution in [3.63, 3.8) is 0 Å². The van der Waals surface area contributed by atoms with Gasteiger partial charge in [-0.25, -0.2) is 0 Å². The molecule has 8 aliphatic rings. The molecular weight excluding hydrogens is 664 g/mol. The van der Waals surface area contributed by atoms with Crippen molar-refractivity contribution in [3.05, 3.63) is 11.6 Å². The second-order valence-corrected chi connectivity index (χ2v) is 17.9. The molecule has 4 saturated heterocycles. The van der Waals surface area contributed by atoms with Crippen LogP contribution in [0.15, 0.2) is 11.6 Å². The molecule has 0 radical (unpaired) electrons. The molecule has 4 aliphatic heterocycles. The lowest BCUT2D eigenvalue weighted by Crippen LogP contribution is -2.65. The minimum Gasteiger partial charge on any atom is -0.394 e. The topological polar surface area (TPSA) is 197 Å². The van der Waals surface area contributed by atoms with E-state index < -0.39 is 74.6 Å². The molecule has 0 aromatic heterocycles. The Morgan fingerprint density at radius 1 is 0.784 bits per heavy atom. The summed E-state index contributed by atoms with van der Waals surface area (Å²) in [6.07, 6.45) is -1.92. The smallest absolute Gasteiger partial charge is 0.187 e. The van der Waals surface area contributed by atoms with Gasteiger partial charge in [0.25, 0.3) is 0 Å². The van der Waals surface area contributed by atoms with Crippen LogP contribution < -0.4 is 0 Å². The molecule has 8 rings (SSSR count). The molecule has 290 valence electrons. The lowest BCUT2D eigenvalue weighted by atomic mass is 9.47. The van der Waals surface area contributed by atoms with E-state index in [0.717, 1.165) is 45.1 Å². The monoisotopic (exact) mass is 724 g/mol. The van der Waals surface area contributed by atoms with Crippen molar-refractivity contribution < 1.29 is 64.2 Å². The molecule has 13 nitrogen and oxygen atoms in total. The fourth-order valence-corrected chi connectivity index (χ4v) is 12.0. The average Bonchev–Trinajstić information content (AvgIpc) is 3.61. The number of allylic oxidation sites excluding steroid dienone is 1. The highest BCUT2D eigenvalue weighted by Gasteiger charge is 2.66. The van der Waals surface area contributed by atoms with E-state index in [4.69, 9.17) is 28.4 Å². The van der Waals surface area contributed by atoms with Crippen molar-refractivity contribution in [2.75, 3.05) is 19.8 Å². The Morgan fingerprint density at radius 2 is 1.51 bits per heavy atom. The molecule has 51 heavy (non-hydrogen) atoms. The minimum absolute atomic E-state index is 0.0655. The van der Waals surface area contributed by atoms with E-state index in [9.17, 15) is 35.7 Å². The van der Waals surface area contributed by atoms with Crippen LogP contribution in [-0.2, 0) is 28.4 Å². The molecule has 20 atom stereocenters. The van der Waals surface area contributed by atoms with Crippen LogP contribution in [0, 0.1) is 40.4 Å². The third-order valence-electron chi connectivity index (χ3n) is 15.1. The summed E-state index contributed by atoms with van der Waals surface area (Å²) in [6, 6.07) is 0. The van der Waals surface area contributed by atoms with E-state index in [0.29, 0.717) is 36.0 Å². The largest absolute Gasteiger partial charge is 0.394 e. The number of aliphatic hydroxyl groups excluding tert-OH is 7. The van der Waals surface area contributed by atoms with Gasteiger partial charge < -0.3 is 64.2 Å². The van der Waals surface area contributed by atoms with Gasteiger partial charge in [0.05, 0.1) is 32.0 Å². The summed E-state index contributed by atoms with van der Waals surface area (Å²) in [6.45, 7) is 6.80. The van der Waals surface area contributed by atoms with Gasteiger partial charge in [-0.2, -0.15) is 0 Å². The Bertz CT molecular complexity index is 1290. The molecule has 4 heterocycles. The molecular formula is C38H60O13. The van der Waals surface area contributed by atoms with E-state index >= 15 is 0 Å². The van der Waals surface area contributed by atoms with Crippen LogP contribution in [-0.4, -0.2) is 135 Å². The Labute approximate surface area is 300 Å². The van der Waals surface area contributed by atoms with Crippen molar-refractivity contribution in [2.24, 2.45) is 40.4 Å².